The van der Waals surface area contributed by atoms with Gasteiger partial charge in [-0.3, -0.25) is 4.79 Å². The highest BCUT2D eigenvalue weighted by Gasteiger charge is 2.23. The average Bonchev–Trinajstić information content (AvgIpc) is 2.50. The summed E-state index contributed by atoms with van der Waals surface area (Å²) in [5.41, 5.74) is 0. The third-order valence-corrected chi connectivity index (χ3v) is 4.66. The molecule has 2 rings (SSSR count). The Kier molecular flexibility index (Phi) is 6.45. The molecule has 0 radical (unpaired) electrons. The number of amides is 1. The molecule has 6 heteroatoms. The van der Waals surface area contributed by atoms with Gasteiger partial charge in [-0.1, -0.05) is 18.7 Å². The predicted molar refractivity (Wildman–Crippen MR) is 85.2 cm³/mol. The van der Waals surface area contributed by atoms with Crippen molar-refractivity contribution in [2.24, 2.45) is 0 Å². The second-order valence-corrected chi connectivity index (χ2v) is 6.72. The van der Waals surface area contributed by atoms with Crippen LogP contribution < -0.4 is 5.32 Å². The van der Waals surface area contributed by atoms with E-state index >= 15 is 0 Å². The van der Waals surface area contributed by atoms with Crippen LogP contribution in [0.3, 0.4) is 0 Å². The van der Waals surface area contributed by atoms with Gasteiger partial charge in [-0.25, -0.2) is 9.97 Å². The van der Waals surface area contributed by atoms with Gasteiger partial charge in [0, 0.05) is 31.5 Å². The minimum atomic E-state index is -0.166. The molecule has 1 saturated heterocycles. The molecule has 0 aliphatic carbocycles. The van der Waals surface area contributed by atoms with Crippen molar-refractivity contribution in [2.75, 3.05) is 19.6 Å². The van der Waals surface area contributed by atoms with Gasteiger partial charge in [0.05, 0.1) is 5.25 Å². The SMILES string of the molecule is CCCN1CCC(NC(=O)[C@@H](C)Sc2ncccn2)CC1. The zero-order chi connectivity index (χ0) is 15.1. The normalized spacial score (nSPS) is 18.4. The van der Waals surface area contributed by atoms with Crippen molar-refractivity contribution < 1.29 is 4.79 Å². The lowest BCUT2D eigenvalue weighted by molar-refractivity contribution is -0.121. The van der Waals surface area contributed by atoms with Gasteiger partial charge in [0.2, 0.25) is 5.91 Å². The first kappa shape index (κ1) is 16.2. The summed E-state index contributed by atoms with van der Waals surface area (Å²) in [5.74, 6) is 0.0846. The van der Waals surface area contributed by atoms with Gasteiger partial charge in [0.1, 0.15) is 0 Å². The predicted octanol–water partition coefficient (Wildman–Crippen LogP) is 1.95. The van der Waals surface area contributed by atoms with E-state index in [0.29, 0.717) is 11.2 Å². The third kappa shape index (κ3) is 5.28. The van der Waals surface area contributed by atoms with Crippen molar-refractivity contribution in [2.45, 2.75) is 49.6 Å². The molecule has 116 valence electrons. The lowest BCUT2D eigenvalue weighted by Crippen LogP contribution is -2.46. The smallest absolute Gasteiger partial charge is 0.233 e. The van der Waals surface area contributed by atoms with E-state index in [-0.39, 0.29) is 11.2 Å². The molecule has 1 aliphatic heterocycles. The van der Waals surface area contributed by atoms with Crippen LogP contribution in [-0.4, -0.2) is 51.7 Å². The first-order valence-electron chi connectivity index (χ1n) is 7.65. The minimum Gasteiger partial charge on any atom is -0.352 e. The van der Waals surface area contributed by atoms with Crippen LogP contribution in [0.2, 0.25) is 0 Å². The van der Waals surface area contributed by atoms with Crippen LogP contribution in [0.25, 0.3) is 0 Å². The van der Waals surface area contributed by atoms with Gasteiger partial charge in [-0.2, -0.15) is 0 Å². The highest BCUT2D eigenvalue weighted by molar-refractivity contribution is 8.00. The first-order chi connectivity index (χ1) is 10.2. The number of piperidine rings is 1. The lowest BCUT2D eigenvalue weighted by Gasteiger charge is -2.32. The maximum Gasteiger partial charge on any atom is 0.233 e. The van der Waals surface area contributed by atoms with E-state index in [1.165, 1.54) is 18.2 Å². The van der Waals surface area contributed by atoms with E-state index in [1.807, 2.05) is 6.92 Å². The largest absolute Gasteiger partial charge is 0.352 e. The van der Waals surface area contributed by atoms with E-state index < -0.39 is 0 Å². The van der Waals surface area contributed by atoms with Gasteiger partial charge < -0.3 is 10.2 Å². The Morgan fingerprint density at radius 2 is 2.10 bits per heavy atom. The topological polar surface area (TPSA) is 58.1 Å². The quantitative estimate of drug-likeness (QED) is 0.643. The van der Waals surface area contributed by atoms with Gasteiger partial charge in [0.25, 0.3) is 0 Å². The monoisotopic (exact) mass is 308 g/mol. The Bertz CT molecular complexity index is 435. The summed E-state index contributed by atoms with van der Waals surface area (Å²) < 4.78 is 0. The van der Waals surface area contributed by atoms with Crippen LogP contribution in [0.1, 0.15) is 33.1 Å². The Morgan fingerprint density at radius 1 is 1.43 bits per heavy atom. The number of hydrogen-bond donors (Lipinski definition) is 1. The number of aromatic nitrogens is 2. The molecule has 1 amide bonds. The molecular formula is C15H24N4OS. The number of nitrogens with zero attached hydrogens (tertiary/aromatic N) is 3. The summed E-state index contributed by atoms with van der Waals surface area (Å²) in [5, 5.41) is 3.64. The molecule has 2 heterocycles. The first-order valence-corrected chi connectivity index (χ1v) is 8.53. The van der Waals surface area contributed by atoms with Crippen LogP contribution in [0.5, 0.6) is 0 Å². The van der Waals surface area contributed by atoms with Crippen molar-refractivity contribution >= 4 is 17.7 Å². The molecule has 1 N–H and O–H groups in total. The van der Waals surface area contributed by atoms with Crippen LogP contribution in [0.4, 0.5) is 0 Å². The zero-order valence-corrected chi connectivity index (χ0v) is 13.6. The molecule has 0 unspecified atom stereocenters. The van der Waals surface area contributed by atoms with E-state index in [1.54, 1.807) is 18.5 Å². The molecule has 5 nitrogen and oxygen atoms in total. The van der Waals surface area contributed by atoms with Crippen LogP contribution >= 0.6 is 11.8 Å². The van der Waals surface area contributed by atoms with Crippen molar-refractivity contribution in [3.05, 3.63) is 18.5 Å². The molecular weight excluding hydrogens is 284 g/mol. The summed E-state index contributed by atoms with van der Waals surface area (Å²) in [6.45, 7) is 7.45. The zero-order valence-electron chi connectivity index (χ0n) is 12.8. The number of hydrogen-bond acceptors (Lipinski definition) is 5. The Morgan fingerprint density at radius 3 is 2.71 bits per heavy atom. The number of carbonyl (C=O) groups excluding carboxylic acids is 1. The molecule has 1 aromatic heterocycles. The fraction of sp³-hybridized carbons (Fsp3) is 0.667. The van der Waals surface area contributed by atoms with Gasteiger partial charge >= 0.3 is 0 Å². The van der Waals surface area contributed by atoms with Gasteiger partial charge in [-0.15, -0.1) is 0 Å². The van der Waals surface area contributed by atoms with Crippen molar-refractivity contribution in [3.8, 4) is 0 Å². The third-order valence-electron chi connectivity index (χ3n) is 3.67. The number of nitrogens with one attached hydrogen (secondary N) is 1. The Hall–Kier alpha value is -1.14. The standard InChI is InChI=1S/C15H24N4OS/c1-3-9-19-10-5-13(6-11-19)18-14(20)12(2)21-15-16-7-4-8-17-15/h4,7-8,12-13H,3,5-6,9-11H2,1-2H3,(H,18,20)/t12-/m1/s1. The molecule has 1 aliphatic rings. The summed E-state index contributed by atoms with van der Waals surface area (Å²) in [7, 11) is 0. The molecule has 21 heavy (non-hydrogen) atoms. The van der Waals surface area contributed by atoms with Crippen LogP contribution in [0.15, 0.2) is 23.6 Å². The maximum absolute atomic E-state index is 12.2. The summed E-state index contributed by atoms with van der Waals surface area (Å²) in [6.07, 6.45) is 6.69. The summed E-state index contributed by atoms with van der Waals surface area (Å²) in [6, 6.07) is 2.09. The highest BCUT2D eigenvalue weighted by atomic mass is 32.2. The maximum atomic E-state index is 12.2. The molecule has 1 atom stereocenters. The second-order valence-electron chi connectivity index (χ2n) is 5.42. The number of thioether (sulfide) groups is 1. The molecule has 0 aromatic carbocycles. The lowest BCUT2D eigenvalue weighted by atomic mass is 10.0. The average molecular weight is 308 g/mol. The number of rotatable bonds is 6. The fourth-order valence-corrected chi connectivity index (χ4v) is 3.23. The van der Waals surface area contributed by atoms with Crippen molar-refractivity contribution in [3.63, 3.8) is 0 Å². The Balaban J connectivity index is 1.74. The number of carbonyl (C=O) groups is 1. The van der Waals surface area contributed by atoms with E-state index in [9.17, 15) is 4.79 Å². The molecule has 1 aromatic rings. The molecule has 0 bridgehead atoms. The van der Waals surface area contributed by atoms with E-state index in [2.05, 4.69) is 27.1 Å². The number of likely N-dealkylation sites (tertiary alicyclic amines) is 1. The molecule has 1 fully saturated rings. The summed E-state index contributed by atoms with van der Waals surface area (Å²) in [4.78, 5) is 23.0. The van der Waals surface area contributed by atoms with Gasteiger partial charge in [-0.05, 0) is 38.8 Å². The van der Waals surface area contributed by atoms with Crippen LogP contribution in [0, 0.1) is 0 Å². The second kappa shape index (κ2) is 8.34. The van der Waals surface area contributed by atoms with E-state index in [4.69, 9.17) is 0 Å². The highest BCUT2D eigenvalue weighted by Crippen LogP contribution is 2.19. The summed E-state index contributed by atoms with van der Waals surface area (Å²) >= 11 is 1.40. The molecule has 0 saturated carbocycles. The Labute approximate surface area is 130 Å². The fourth-order valence-electron chi connectivity index (χ4n) is 2.49. The molecule has 0 spiro atoms. The minimum absolute atomic E-state index is 0.0846. The van der Waals surface area contributed by atoms with Crippen molar-refractivity contribution in [1.29, 1.82) is 0 Å². The van der Waals surface area contributed by atoms with Crippen molar-refractivity contribution in [1.82, 2.24) is 20.2 Å². The van der Waals surface area contributed by atoms with Gasteiger partial charge in [0.15, 0.2) is 5.16 Å². The van der Waals surface area contributed by atoms with E-state index in [0.717, 1.165) is 32.5 Å². The van der Waals surface area contributed by atoms with Crippen LogP contribution in [-0.2, 0) is 4.79 Å².